The highest BCUT2D eigenvalue weighted by atomic mass is 19.4. The smallest absolute Gasteiger partial charge is 0.372 e. The molecule has 1 aliphatic heterocycles. The van der Waals surface area contributed by atoms with E-state index >= 15 is 0 Å². The number of benzene rings is 1. The first-order chi connectivity index (χ1) is 19.1. The van der Waals surface area contributed by atoms with Gasteiger partial charge in [0.25, 0.3) is 0 Å². The van der Waals surface area contributed by atoms with Gasteiger partial charge in [-0.1, -0.05) is 37.5 Å². The molecule has 0 aromatic heterocycles. The molecule has 0 radical (unpaired) electrons. The van der Waals surface area contributed by atoms with Crippen LogP contribution in [0.5, 0.6) is 0 Å². The molecule has 2 saturated carbocycles. The summed E-state index contributed by atoms with van der Waals surface area (Å²) in [6, 6.07) is 8.75. The van der Waals surface area contributed by atoms with Crippen molar-refractivity contribution in [2.75, 3.05) is 18.0 Å². The van der Waals surface area contributed by atoms with Crippen molar-refractivity contribution < 1.29 is 22.8 Å². The Labute approximate surface area is 235 Å². The summed E-state index contributed by atoms with van der Waals surface area (Å²) < 4.78 is 40.4. The van der Waals surface area contributed by atoms with Crippen LogP contribution < -0.4 is 4.90 Å². The highest BCUT2D eigenvalue weighted by Crippen LogP contribution is 2.70. The van der Waals surface area contributed by atoms with Crippen molar-refractivity contribution in [1.29, 1.82) is 0 Å². The van der Waals surface area contributed by atoms with Crippen LogP contribution in [0.4, 0.5) is 18.9 Å². The SMILES string of the molecule is CCC(=O)[C@@]1(C#CC(F)(F)F)CC[C@H]2[C@@H]3CCC4=CC(=O)CCC4=C3[C@@H](c3ccc(N4CCCC4)cc3)C[C@@]21C. The molecule has 212 valence electrons. The average Bonchev–Trinajstić information content (AvgIpc) is 3.57. The lowest BCUT2D eigenvalue weighted by molar-refractivity contribution is -0.132. The van der Waals surface area contributed by atoms with Gasteiger partial charge in [-0.15, -0.1) is 0 Å². The molecule has 3 nitrogen and oxygen atoms in total. The molecular formula is C34H38F3NO2. The van der Waals surface area contributed by atoms with Crippen molar-refractivity contribution in [3.63, 3.8) is 0 Å². The number of rotatable bonds is 4. The number of carbonyl (C=O) groups excluding carboxylic acids is 2. The van der Waals surface area contributed by atoms with Crippen LogP contribution in [0.15, 0.2) is 47.1 Å². The average molecular weight is 550 g/mol. The summed E-state index contributed by atoms with van der Waals surface area (Å²) in [4.78, 5) is 28.4. The first kappa shape index (κ1) is 27.4. The maximum atomic E-state index is 13.6. The highest BCUT2D eigenvalue weighted by molar-refractivity contribution is 5.93. The number of hydrogen-bond donors (Lipinski definition) is 0. The lowest BCUT2D eigenvalue weighted by Crippen LogP contribution is -2.50. The molecule has 1 saturated heterocycles. The van der Waals surface area contributed by atoms with Gasteiger partial charge in [0.05, 0.1) is 5.41 Å². The highest BCUT2D eigenvalue weighted by Gasteiger charge is 2.65. The summed E-state index contributed by atoms with van der Waals surface area (Å²) in [7, 11) is 0. The summed E-state index contributed by atoms with van der Waals surface area (Å²) >= 11 is 0. The van der Waals surface area contributed by atoms with Crippen LogP contribution in [0, 0.1) is 34.5 Å². The zero-order valence-corrected chi connectivity index (χ0v) is 23.5. The largest absolute Gasteiger partial charge is 0.457 e. The Morgan fingerprint density at radius 2 is 1.80 bits per heavy atom. The molecule has 1 aromatic carbocycles. The fourth-order valence-electron chi connectivity index (χ4n) is 9.09. The summed E-state index contributed by atoms with van der Waals surface area (Å²) in [6.45, 7) is 5.92. The molecule has 5 aliphatic rings. The molecule has 0 amide bonds. The van der Waals surface area contributed by atoms with Gasteiger partial charge in [-0.05, 0) is 104 Å². The van der Waals surface area contributed by atoms with Gasteiger partial charge in [0.15, 0.2) is 11.6 Å². The maximum absolute atomic E-state index is 13.6. The maximum Gasteiger partial charge on any atom is 0.457 e. The second-order valence-electron chi connectivity index (χ2n) is 12.7. The number of anilines is 1. The molecule has 40 heavy (non-hydrogen) atoms. The van der Waals surface area contributed by atoms with Gasteiger partial charge in [0.2, 0.25) is 0 Å². The van der Waals surface area contributed by atoms with Crippen LogP contribution >= 0.6 is 0 Å². The van der Waals surface area contributed by atoms with Crippen molar-refractivity contribution in [2.45, 2.75) is 90.1 Å². The number of fused-ring (bicyclic) bond motifs is 4. The third-order valence-electron chi connectivity index (χ3n) is 10.9. The van der Waals surface area contributed by atoms with E-state index in [4.69, 9.17) is 0 Å². The van der Waals surface area contributed by atoms with Gasteiger partial charge >= 0.3 is 6.18 Å². The van der Waals surface area contributed by atoms with Crippen LogP contribution in [-0.2, 0) is 9.59 Å². The van der Waals surface area contributed by atoms with Crippen LogP contribution in [0.2, 0.25) is 0 Å². The van der Waals surface area contributed by atoms with Gasteiger partial charge < -0.3 is 4.90 Å². The number of hydrogen-bond acceptors (Lipinski definition) is 3. The Balaban J connectivity index is 1.49. The van der Waals surface area contributed by atoms with Gasteiger partial charge in [0, 0.05) is 43.5 Å². The predicted octanol–water partition coefficient (Wildman–Crippen LogP) is 7.72. The molecule has 4 aliphatic carbocycles. The van der Waals surface area contributed by atoms with Crippen molar-refractivity contribution in [2.24, 2.45) is 22.7 Å². The van der Waals surface area contributed by atoms with E-state index < -0.39 is 17.0 Å². The second-order valence-corrected chi connectivity index (χ2v) is 12.7. The summed E-state index contributed by atoms with van der Waals surface area (Å²) in [5, 5.41) is 0. The Morgan fingerprint density at radius 3 is 2.48 bits per heavy atom. The standard InChI is InChI=1S/C34H38F3NO2/c1-3-30(40)33(16-17-34(35,36)37)15-14-29-27-12-8-23-20-25(39)11-13-26(23)31(27)28(21-32(29,33)2)22-6-9-24(10-7-22)38-18-4-5-19-38/h6-7,9-10,20,27-29H,3-5,8,11-15,18-19,21H2,1-2H3/t27-,28+,29-,32-,33-/m0/s1. The quantitative estimate of drug-likeness (QED) is 0.361. The monoisotopic (exact) mass is 549 g/mol. The minimum Gasteiger partial charge on any atom is -0.372 e. The molecule has 0 N–H and O–H groups in total. The van der Waals surface area contributed by atoms with E-state index in [1.54, 1.807) is 12.8 Å². The third-order valence-corrected chi connectivity index (χ3v) is 10.9. The van der Waals surface area contributed by atoms with Gasteiger partial charge in [-0.25, -0.2) is 0 Å². The van der Waals surface area contributed by atoms with Gasteiger partial charge in [-0.2, -0.15) is 13.2 Å². The number of ketones is 2. The van der Waals surface area contributed by atoms with Crippen molar-refractivity contribution >= 4 is 17.3 Å². The molecule has 6 rings (SSSR count). The van der Waals surface area contributed by atoms with E-state index in [2.05, 4.69) is 42.0 Å². The van der Waals surface area contributed by atoms with Crippen LogP contribution in [0.1, 0.15) is 89.5 Å². The second kappa shape index (κ2) is 9.93. The summed E-state index contributed by atoms with van der Waals surface area (Å²) in [6.07, 6.45) is 4.35. The Bertz CT molecular complexity index is 1340. The molecule has 0 bridgehead atoms. The minimum absolute atomic E-state index is 0.0133. The molecule has 0 unspecified atom stereocenters. The fourth-order valence-corrected chi connectivity index (χ4v) is 9.09. The van der Waals surface area contributed by atoms with Crippen molar-refractivity contribution in [3.8, 4) is 11.8 Å². The van der Waals surface area contributed by atoms with Crippen LogP contribution in [0.25, 0.3) is 0 Å². The molecule has 3 fully saturated rings. The van der Waals surface area contributed by atoms with E-state index in [0.717, 1.165) is 43.5 Å². The van der Waals surface area contributed by atoms with Gasteiger partial charge in [-0.3, -0.25) is 9.59 Å². The third kappa shape index (κ3) is 4.35. The minimum atomic E-state index is -4.64. The van der Waals surface area contributed by atoms with Crippen molar-refractivity contribution in [3.05, 3.63) is 52.6 Å². The zero-order valence-electron chi connectivity index (χ0n) is 23.5. The first-order valence-electron chi connectivity index (χ1n) is 15.0. The first-order valence-corrected chi connectivity index (χ1v) is 15.0. The number of allylic oxidation sites excluding steroid dienone is 4. The fraction of sp³-hybridized carbons (Fsp3) is 0.588. The van der Waals surface area contributed by atoms with E-state index in [-0.39, 0.29) is 35.7 Å². The predicted molar refractivity (Wildman–Crippen MR) is 150 cm³/mol. The van der Waals surface area contributed by atoms with E-state index in [1.807, 2.05) is 6.08 Å². The Morgan fingerprint density at radius 1 is 1.07 bits per heavy atom. The van der Waals surface area contributed by atoms with Gasteiger partial charge in [0.1, 0.15) is 0 Å². The van der Waals surface area contributed by atoms with Crippen LogP contribution in [0.3, 0.4) is 0 Å². The molecule has 0 spiro atoms. The normalized spacial score (nSPS) is 33.5. The summed E-state index contributed by atoms with van der Waals surface area (Å²) in [5.41, 5.74) is 4.21. The summed E-state index contributed by atoms with van der Waals surface area (Å²) in [5.74, 6) is 4.44. The van der Waals surface area contributed by atoms with Crippen LogP contribution in [-0.4, -0.2) is 30.8 Å². The molecule has 6 heteroatoms. The molecule has 1 heterocycles. The van der Waals surface area contributed by atoms with E-state index in [1.165, 1.54) is 29.7 Å². The number of Topliss-reactive ketones (excluding diaryl/α,β-unsaturated/α-hetero) is 1. The Hall–Kier alpha value is -2.81. The lowest BCUT2D eigenvalue weighted by atomic mass is 9.48. The number of nitrogens with zero attached hydrogens (tertiary/aromatic N) is 1. The number of halogens is 3. The molecular weight excluding hydrogens is 511 g/mol. The Kier molecular flexibility index (Phi) is 6.79. The molecule has 1 aromatic rings. The van der Waals surface area contributed by atoms with Crippen molar-refractivity contribution in [1.82, 2.24) is 0 Å². The number of alkyl halides is 3. The number of carbonyl (C=O) groups is 2. The zero-order chi connectivity index (χ0) is 28.3. The van der Waals surface area contributed by atoms with E-state index in [9.17, 15) is 22.8 Å². The topological polar surface area (TPSA) is 37.4 Å². The lowest BCUT2D eigenvalue weighted by Gasteiger charge is -2.54. The molecule has 5 atom stereocenters. The van der Waals surface area contributed by atoms with E-state index in [0.29, 0.717) is 25.7 Å².